The van der Waals surface area contributed by atoms with Gasteiger partial charge >= 0.3 is 0 Å². The van der Waals surface area contributed by atoms with Crippen molar-refractivity contribution in [1.82, 2.24) is 0 Å². The van der Waals surface area contributed by atoms with Gasteiger partial charge in [-0.05, 0) is 12.1 Å². The zero-order valence-electron chi connectivity index (χ0n) is 7.21. The lowest BCUT2D eigenvalue weighted by atomic mass is 10.2. The molecule has 0 radical (unpaired) electrons. The highest BCUT2D eigenvalue weighted by Crippen LogP contribution is 2.28. The fourth-order valence-electron chi connectivity index (χ4n) is 1.32. The smallest absolute Gasteiger partial charge is 0.176 e. The number of furan rings is 1. The lowest BCUT2D eigenvalue weighted by Crippen LogP contribution is -1.81. The molecule has 1 aromatic heterocycles. The molecule has 0 unspecified atom stereocenters. The molecule has 0 saturated heterocycles. The quantitative estimate of drug-likeness (QED) is 0.689. The van der Waals surface area contributed by atoms with E-state index in [-0.39, 0.29) is 0 Å². The van der Waals surface area contributed by atoms with E-state index in [1.807, 2.05) is 24.3 Å². The van der Waals surface area contributed by atoms with Crippen LogP contribution < -0.4 is 4.74 Å². The Morgan fingerprint density at radius 3 is 3.00 bits per heavy atom. The van der Waals surface area contributed by atoms with Gasteiger partial charge in [-0.25, -0.2) is 0 Å². The van der Waals surface area contributed by atoms with Crippen LogP contribution in [0.4, 0.5) is 0 Å². The summed E-state index contributed by atoms with van der Waals surface area (Å²) in [5.41, 5.74) is 0.764. The highest BCUT2D eigenvalue weighted by molar-refractivity contribution is 6.17. The highest BCUT2D eigenvalue weighted by atomic mass is 35.5. The maximum absolute atomic E-state index is 5.66. The van der Waals surface area contributed by atoms with E-state index in [4.69, 9.17) is 20.8 Å². The van der Waals surface area contributed by atoms with E-state index in [0.29, 0.717) is 5.88 Å². The van der Waals surface area contributed by atoms with Crippen molar-refractivity contribution in [2.75, 3.05) is 7.11 Å². The lowest BCUT2D eigenvalue weighted by Gasteiger charge is -1.98. The Hall–Kier alpha value is -1.15. The van der Waals surface area contributed by atoms with E-state index in [9.17, 15) is 0 Å². The number of hydrogen-bond donors (Lipinski definition) is 0. The lowest BCUT2D eigenvalue weighted by molar-refractivity contribution is 0.408. The van der Waals surface area contributed by atoms with E-state index in [0.717, 1.165) is 22.5 Å². The first-order valence-corrected chi connectivity index (χ1v) is 4.50. The summed E-state index contributed by atoms with van der Waals surface area (Å²) < 4.78 is 10.6. The van der Waals surface area contributed by atoms with Gasteiger partial charge in [-0.3, -0.25) is 0 Å². The number of hydrogen-bond acceptors (Lipinski definition) is 2. The van der Waals surface area contributed by atoms with Crippen molar-refractivity contribution in [3.8, 4) is 5.75 Å². The molecule has 0 aliphatic rings. The Kier molecular flexibility index (Phi) is 2.15. The second-order valence-electron chi connectivity index (χ2n) is 2.72. The number of fused-ring (bicyclic) bond motifs is 1. The summed E-state index contributed by atoms with van der Waals surface area (Å²) in [6.07, 6.45) is 0. The van der Waals surface area contributed by atoms with Crippen molar-refractivity contribution >= 4 is 22.6 Å². The number of halogens is 1. The molecule has 1 heterocycles. The number of methoxy groups -OCH3 is 1. The molecule has 68 valence electrons. The molecular weight excluding hydrogens is 188 g/mol. The van der Waals surface area contributed by atoms with Gasteiger partial charge < -0.3 is 9.15 Å². The summed E-state index contributed by atoms with van der Waals surface area (Å²) in [6, 6.07) is 7.68. The van der Waals surface area contributed by atoms with E-state index >= 15 is 0 Å². The molecule has 0 atom stereocenters. The zero-order valence-corrected chi connectivity index (χ0v) is 7.97. The fraction of sp³-hybridized carbons (Fsp3) is 0.200. The average Bonchev–Trinajstić information content (AvgIpc) is 2.59. The van der Waals surface area contributed by atoms with Crippen LogP contribution in [0.5, 0.6) is 5.75 Å². The summed E-state index contributed by atoms with van der Waals surface area (Å²) in [7, 11) is 1.62. The molecule has 0 spiro atoms. The van der Waals surface area contributed by atoms with Crippen LogP contribution in [0.1, 0.15) is 5.76 Å². The number of ether oxygens (including phenoxy) is 1. The summed E-state index contributed by atoms with van der Waals surface area (Å²) in [5.74, 6) is 1.90. The van der Waals surface area contributed by atoms with E-state index in [2.05, 4.69) is 0 Å². The molecule has 2 nitrogen and oxygen atoms in total. The van der Waals surface area contributed by atoms with Gasteiger partial charge in [0.05, 0.1) is 13.0 Å². The van der Waals surface area contributed by atoms with Gasteiger partial charge in [0.15, 0.2) is 11.3 Å². The molecule has 2 rings (SSSR count). The van der Waals surface area contributed by atoms with Gasteiger partial charge in [-0.1, -0.05) is 12.1 Å². The standard InChI is InChI=1S/C10H9ClO2/c1-12-9-4-2-3-7-5-8(6-11)13-10(7)9/h2-5H,6H2,1H3. The molecule has 3 heteroatoms. The van der Waals surface area contributed by atoms with Crippen LogP contribution in [-0.2, 0) is 5.88 Å². The third-order valence-corrected chi connectivity index (χ3v) is 2.17. The molecule has 0 bridgehead atoms. The first-order valence-electron chi connectivity index (χ1n) is 3.96. The molecule has 0 amide bonds. The van der Waals surface area contributed by atoms with Crippen LogP contribution in [0.3, 0.4) is 0 Å². The van der Waals surface area contributed by atoms with Crippen LogP contribution in [0.2, 0.25) is 0 Å². The minimum absolute atomic E-state index is 0.387. The van der Waals surface area contributed by atoms with Gasteiger partial charge in [0.1, 0.15) is 5.76 Å². The molecule has 0 aliphatic carbocycles. The Morgan fingerprint density at radius 1 is 1.46 bits per heavy atom. The van der Waals surface area contributed by atoms with Crippen molar-refractivity contribution in [2.24, 2.45) is 0 Å². The second kappa shape index (κ2) is 3.30. The van der Waals surface area contributed by atoms with Crippen LogP contribution in [-0.4, -0.2) is 7.11 Å². The molecular formula is C10H9ClO2. The van der Waals surface area contributed by atoms with Gasteiger partial charge in [-0.2, -0.15) is 0 Å². The van der Waals surface area contributed by atoms with E-state index in [1.54, 1.807) is 7.11 Å². The minimum Gasteiger partial charge on any atom is -0.493 e. The third-order valence-electron chi connectivity index (χ3n) is 1.91. The number of para-hydroxylation sites is 1. The highest BCUT2D eigenvalue weighted by Gasteiger charge is 2.06. The molecule has 0 aliphatic heterocycles. The monoisotopic (exact) mass is 196 g/mol. The summed E-state index contributed by atoms with van der Waals surface area (Å²) >= 11 is 5.66. The summed E-state index contributed by atoms with van der Waals surface area (Å²) in [6.45, 7) is 0. The van der Waals surface area contributed by atoms with Gasteiger partial charge in [-0.15, -0.1) is 11.6 Å². The maximum atomic E-state index is 5.66. The minimum atomic E-state index is 0.387. The summed E-state index contributed by atoms with van der Waals surface area (Å²) in [5, 5.41) is 1.02. The summed E-state index contributed by atoms with van der Waals surface area (Å²) in [4.78, 5) is 0. The van der Waals surface area contributed by atoms with E-state index in [1.165, 1.54) is 0 Å². The maximum Gasteiger partial charge on any atom is 0.176 e. The number of alkyl halides is 1. The van der Waals surface area contributed by atoms with Gasteiger partial charge in [0.2, 0.25) is 0 Å². The fourth-order valence-corrected chi connectivity index (χ4v) is 1.45. The molecule has 1 aromatic carbocycles. The number of benzene rings is 1. The first kappa shape index (κ1) is 8.45. The molecule has 13 heavy (non-hydrogen) atoms. The van der Waals surface area contributed by atoms with Crippen molar-refractivity contribution in [2.45, 2.75) is 5.88 Å². The molecule has 0 fully saturated rings. The zero-order chi connectivity index (χ0) is 9.26. The third kappa shape index (κ3) is 1.38. The topological polar surface area (TPSA) is 22.4 Å². The Morgan fingerprint density at radius 2 is 2.31 bits per heavy atom. The Balaban J connectivity index is 2.67. The average molecular weight is 197 g/mol. The van der Waals surface area contributed by atoms with Crippen molar-refractivity contribution in [3.05, 3.63) is 30.0 Å². The Bertz CT molecular complexity index is 420. The number of rotatable bonds is 2. The normalized spacial score (nSPS) is 10.6. The van der Waals surface area contributed by atoms with E-state index < -0.39 is 0 Å². The van der Waals surface area contributed by atoms with Crippen LogP contribution in [0.15, 0.2) is 28.7 Å². The second-order valence-corrected chi connectivity index (χ2v) is 2.99. The van der Waals surface area contributed by atoms with Gasteiger partial charge in [0.25, 0.3) is 0 Å². The van der Waals surface area contributed by atoms with Crippen molar-refractivity contribution in [1.29, 1.82) is 0 Å². The van der Waals surface area contributed by atoms with Crippen molar-refractivity contribution in [3.63, 3.8) is 0 Å². The van der Waals surface area contributed by atoms with Crippen LogP contribution >= 0.6 is 11.6 Å². The predicted octanol–water partition coefficient (Wildman–Crippen LogP) is 3.18. The molecule has 0 saturated carbocycles. The van der Waals surface area contributed by atoms with Gasteiger partial charge in [0, 0.05) is 5.39 Å². The first-order chi connectivity index (χ1) is 6.35. The Labute approximate surface area is 81.1 Å². The predicted molar refractivity (Wildman–Crippen MR) is 52.3 cm³/mol. The largest absolute Gasteiger partial charge is 0.493 e. The SMILES string of the molecule is COc1cccc2cc(CCl)oc12. The molecule has 2 aromatic rings. The molecule has 0 N–H and O–H groups in total. The van der Waals surface area contributed by atoms with Crippen molar-refractivity contribution < 1.29 is 9.15 Å². The van der Waals surface area contributed by atoms with Crippen LogP contribution in [0.25, 0.3) is 11.0 Å². The van der Waals surface area contributed by atoms with Crippen LogP contribution in [0, 0.1) is 0 Å².